The monoisotopic (exact) mass is 325 g/mol. The molecule has 1 heterocycles. The van der Waals surface area contributed by atoms with Crippen molar-refractivity contribution in [3.63, 3.8) is 0 Å². The lowest BCUT2D eigenvalue weighted by Crippen LogP contribution is -2.42. The minimum atomic E-state index is 0.620. The van der Waals surface area contributed by atoms with E-state index in [1.165, 1.54) is 17.5 Å². The molecule has 0 amide bonds. The van der Waals surface area contributed by atoms with Crippen molar-refractivity contribution in [1.29, 1.82) is 0 Å². The molecule has 1 atom stereocenters. The van der Waals surface area contributed by atoms with E-state index in [1.807, 2.05) is 30.3 Å². The zero-order valence-electron chi connectivity index (χ0n) is 14.5. The Morgan fingerprint density at radius 1 is 0.958 bits per heavy atom. The number of hydrogen-bond acceptors (Lipinski definition) is 3. The van der Waals surface area contributed by atoms with Crippen LogP contribution in [0.15, 0.2) is 54.6 Å². The van der Waals surface area contributed by atoms with Crippen LogP contribution in [0.3, 0.4) is 0 Å². The van der Waals surface area contributed by atoms with E-state index in [0.717, 1.165) is 38.5 Å². The number of hydrogen-bond donors (Lipinski definition) is 0. The molecule has 0 aliphatic carbocycles. The number of benzene rings is 2. The standard InChI is InChI=1S/C21H27NO2/c1-18(22-13-15-23-16-14-22)7-8-19-9-11-20(12-10-19)17-24-21-5-3-2-4-6-21/h2-6,9-12,18H,7-8,13-17H2,1H3. The van der Waals surface area contributed by atoms with Gasteiger partial charge in [-0.3, -0.25) is 4.90 Å². The van der Waals surface area contributed by atoms with Crippen molar-refractivity contribution in [3.8, 4) is 5.75 Å². The highest BCUT2D eigenvalue weighted by Crippen LogP contribution is 2.15. The Morgan fingerprint density at radius 3 is 2.33 bits per heavy atom. The molecule has 0 radical (unpaired) electrons. The number of nitrogens with zero attached hydrogens (tertiary/aromatic N) is 1. The lowest BCUT2D eigenvalue weighted by Gasteiger charge is -2.32. The fourth-order valence-corrected chi connectivity index (χ4v) is 3.06. The summed E-state index contributed by atoms with van der Waals surface area (Å²) in [6.45, 7) is 6.83. The Kier molecular flexibility index (Phi) is 6.27. The van der Waals surface area contributed by atoms with E-state index < -0.39 is 0 Å². The van der Waals surface area contributed by atoms with Crippen LogP contribution in [0.2, 0.25) is 0 Å². The molecule has 2 aromatic carbocycles. The van der Waals surface area contributed by atoms with Gasteiger partial charge in [-0.1, -0.05) is 42.5 Å². The maximum atomic E-state index is 5.79. The van der Waals surface area contributed by atoms with Gasteiger partial charge in [0.15, 0.2) is 0 Å². The van der Waals surface area contributed by atoms with Gasteiger partial charge in [0.05, 0.1) is 13.2 Å². The molecule has 3 rings (SSSR count). The minimum absolute atomic E-state index is 0.620. The molecule has 1 fully saturated rings. The van der Waals surface area contributed by atoms with Crippen molar-refractivity contribution >= 4 is 0 Å². The van der Waals surface area contributed by atoms with Crippen molar-refractivity contribution in [2.45, 2.75) is 32.4 Å². The third-order valence-corrected chi connectivity index (χ3v) is 4.69. The third-order valence-electron chi connectivity index (χ3n) is 4.69. The number of ether oxygens (including phenoxy) is 2. The van der Waals surface area contributed by atoms with Crippen molar-refractivity contribution < 1.29 is 9.47 Å². The van der Waals surface area contributed by atoms with E-state index in [-0.39, 0.29) is 0 Å². The summed E-state index contributed by atoms with van der Waals surface area (Å²) in [5.74, 6) is 0.918. The van der Waals surface area contributed by atoms with E-state index in [2.05, 4.69) is 36.1 Å². The molecule has 0 aromatic heterocycles. The normalized spacial score (nSPS) is 16.7. The van der Waals surface area contributed by atoms with E-state index in [1.54, 1.807) is 0 Å². The maximum absolute atomic E-state index is 5.79. The van der Waals surface area contributed by atoms with Gasteiger partial charge in [0.25, 0.3) is 0 Å². The first kappa shape index (κ1) is 17.0. The van der Waals surface area contributed by atoms with Gasteiger partial charge in [-0.2, -0.15) is 0 Å². The first-order valence-corrected chi connectivity index (χ1v) is 8.89. The molecule has 0 N–H and O–H groups in total. The minimum Gasteiger partial charge on any atom is -0.489 e. The highest BCUT2D eigenvalue weighted by atomic mass is 16.5. The Labute approximate surface area is 145 Å². The molecule has 1 saturated heterocycles. The zero-order valence-corrected chi connectivity index (χ0v) is 14.5. The number of morpholine rings is 1. The summed E-state index contributed by atoms with van der Waals surface area (Å²) >= 11 is 0. The average molecular weight is 325 g/mol. The van der Waals surface area contributed by atoms with Crippen LogP contribution < -0.4 is 4.74 Å². The Morgan fingerprint density at radius 2 is 1.62 bits per heavy atom. The van der Waals surface area contributed by atoms with Crippen LogP contribution in [-0.4, -0.2) is 37.2 Å². The van der Waals surface area contributed by atoms with Crippen LogP contribution in [0, 0.1) is 0 Å². The summed E-state index contributed by atoms with van der Waals surface area (Å²) in [4.78, 5) is 2.53. The van der Waals surface area contributed by atoms with E-state index in [0.29, 0.717) is 12.6 Å². The van der Waals surface area contributed by atoms with Gasteiger partial charge in [0.2, 0.25) is 0 Å². The Hall–Kier alpha value is -1.84. The predicted molar refractivity (Wildman–Crippen MR) is 97.4 cm³/mol. The largest absolute Gasteiger partial charge is 0.489 e. The van der Waals surface area contributed by atoms with Crippen molar-refractivity contribution in [3.05, 3.63) is 65.7 Å². The summed E-state index contributed by atoms with van der Waals surface area (Å²) in [6, 6.07) is 19.4. The molecular weight excluding hydrogens is 298 g/mol. The summed E-state index contributed by atoms with van der Waals surface area (Å²) in [5, 5.41) is 0. The van der Waals surface area contributed by atoms with Gasteiger partial charge in [-0.15, -0.1) is 0 Å². The second-order valence-corrected chi connectivity index (χ2v) is 6.45. The molecule has 24 heavy (non-hydrogen) atoms. The van der Waals surface area contributed by atoms with Gasteiger partial charge in [-0.05, 0) is 43.0 Å². The topological polar surface area (TPSA) is 21.7 Å². The van der Waals surface area contributed by atoms with E-state index >= 15 is 0 Å². The second kappa shape index (κ2) is 8.86. The van der Waals surface area contributed by atoms with Crippen LogP contribution >= 0.6 is 0 Å². The average Bonchev–Trinajstić information content (AvgIpc) is 2.67. The van der Waals surface area contributed by atoms with Crippen LogP contribution in [0.1, 0.15) is 24.5 Å². The smallest absolute Gasteiger partial charge is 0.119 e. The van der Waals surface area contributed by atoms with E-state index in [4.69, 9.17) is 9.47 Å². The molecule has 128 valence electrons. The predicted octanol–water partition coefficient (Wildman–Crippen LogP) is 3.92. The molecule has 3 nitrogen and oxygen atoms in total. The zero-order chi connectivity index (χ0) is 16.6. The molecule has 0 saturated carbocycles. The molecule has 1 unspecified atom stereocenters. The highest BCUT2D eigenvalue weighted by Gasteiger charge is 2.16. The van der Waals surface area contributed by atoms with Gasteiger partial charge in [0, 0.05) is 19.1 Å². The number of aryl methyl sites for hydroxylation is 1. The lowest BCUT2D eigenvalue weighted by atomic mass is 10.0. The van der Waals surface area contributed by atoms with Crippen LogP contribution in [0.25, 0.3) is 0 Å². The van der Waals surface area contributed by atoms with Gasteiger partial charge in [-0.25, -0.2) is 0 Å². The summed E-state index contributed by atoms with van der Waals surface area (Å²) in [7, 11) is 0. The Balaban J connectivity index is 1.44. The van der Waals surface area contributed by atoms with Crippen LogP contribution in [0.4, 0.5) is 0 Å². The quantitative estimate of drug-likeness (QED) is 0.770. The van der Waals surface area contributed by atoms with Crippen molar-refractivity contribution in [2.24, 2.45) is 0 Å². The molecule has 0 bridgehead atoms. The number of rotatable bonds is 7. The first-order chi connectivity index (χ1) is 11.8. The summed E-state index contributed by atoms with van der Waals surface area (Å²) in [6.07, 6.45) is 2.32. The molecular formula is C21H27NO2. The van der Waals surface area contributed by atoms with E-state index in [9.17, 15) is 0 Å². The summed E-state index contributed by atoms with van der Waals surface area (Å²) in [5.41, 5.74) is 2.61. The molecule has 1 aliphatic heterocycles. The van der Waals surface area contributed by atoms with Gasteiger partial charge in [0.1, 0.15) is 12.4 Å². The third kappa shape index (κ3) is 5.08. The van der Waals surface area contributed by atoms with Crippen LogP contribution in [-0.2, 0) is 17.8 Å². The second-order valence-electron chi connectivity index (χ2n) is 6.45. The molecule has 2 aromatic rings. The van der Waals surface area contributed by atoms with Gasteiger partial charge < -0.3 is 9.47 Å². The Bertz CT molecular complexity index is 591. The lowest BCUT2D eigenvalue weighted by molar-refractivity contribution is 0.0187. The van der Waals surface area contributed by atoms with Crippen molar-refractivity contribution in [2.75, 3.05) is 26.3 Å². The van der Waals surface area contributed by atoms with Gasteiger partial charge >= 0.3 is 0 Å². The maximum Gasteiger partial charge on any atom is 0.119 e. The fourth-order valence-electron chi connectivity index (χ4n) is 3.06. The molecule has 3 heteroatoms. The summed E-state index contributed by atoms with van der Waals surface area (Å²) < 4.78 is 11.2. The fraction of sp³-hybridized carbons (Fsp3) is 0.429. The number of para-hydroxylation sites is 1. The van der Waals surface area contributed by atoms with Crippen molar-refractivity contribution in [1.82, 2.24) is 4.90 Å². The molecule has 0 spiro atoms. The van der Waals surface area contributed by atoms with Crippen LogP contribution in [0.5, 0.6) is 5.75 Å². The SMILES string of the molecule is CC(CCc1ccc(COc2ccccc2)cc1)N1CCOCC1. The first-order valence-electron chi connectivity index (χ1n) is 8.89. The highest BCUT2D eigenvalue weighted by molar-refractivity contribution is 5.24. The molecule has 1 aliphatic rings.